The average Bonchev–Trinajstić information content (AvgIpc) is 3.63. The van der Waals surface area contributed by atoms with Crippen molar-refractivity contribution in [2.24, 2.45) is 0 Å². The Morgan fingerprint density at radius 3 is 2.46 bits per heavy atom. The number of para-hydroxylation sites is 2. The smallest absolute Gasteiger partial charge is 0.340 e. The first-order valence-electron chi connectivity index (χ1n) is 11.9. The molecule has 2 fully saturated rings. The molecule has 4 rings (SSSR count). The molecule has 0 spiro atoms. The van der Waals surface area contributed by atoms with Crippen molar-refractivity contribution in [3.05, 3.63) is 35.9 Å². The van der Waals surface area contributed by atoms with E-state index < -0.39 is 19.0 Å². The predicted molar refractivity (Wildman–Crippen MR) is 124 cm³/mol. The van der Waals surface area contributed by atoms with Gasteiger partial charge in [0.05, 0.1) is 5.69 Å². The fraction of sp³-hybridized carbons (Fsp3) is 0.583. The summed E-state index contributed by atoms with van der Waals surface area (Å²) < 4.78 is 58.1. The summed E-state index contributed by atoms with van der Waals surface area (Å²) in [7, 11) is 0. The van der Waals surface area contributed by atoms with E-state index in [2.05, 4.69) is 10.2 Å². The van der Waals surface area contributed by atoms with Crippen LogP contribution in [-0.4, -0.2) is 77.4 Å². The van der Waals surface area contributed by atoms with Crippen molar-refractivity contribution in [2.45, 2.75) is 50.7 Å². The Hall–Kier alpha value is -2.66. The zero-order valence-corrected chi connectivity index (χ0v) is 19.5. The summed E-state index contributed by atoms with van der Waals surface area (Å²) >= 11 is 0. The maximum Gasteiger partial charge on any atom is 0.340 e. The van der Waals surface area contributed by atoms with Crippen molar-refractivity contribution in [3.63, 3.8) is 0 Å². The second-order valence-corrected chi connectivity index (χ2v) is 9.16. The number of nitrogens with zero attached hydrogens (tertiary/aromatic N) is 3. The van der Waals surface area contributed by atoms with Gasteiger partial charge in [-0.15, -0.1) is 0 Å². The highest BCUT2D eigenvalue weighted by Crippen LogP contribution is 2.32. The number of hydrogen-bond donors (Lipinski definition) is 3. The molecule has 2 aliphatic rings. The monoisotopic (exact) mass is 500 g/mol. The Morgan fingerprint density at radius 1 is 1.06 bits per heavy atom. The van der Waals surface area contributed by atoms with Crippen LogP contribution < -0.4 is 15.0 Å². The number of aromatic nitrogens is 1. The summed E-state index contributed by atoms with van der Waals surface area (Å²) in [5.41, 5.74) is 1.29. The van der Waals surface area contributed by atoms with Gasteiger partial charge in [0.1, 0.15) is 5.75 Å². The van der Waals surface area contributed by atoms with Crippen molar-refractivity contribution >= 4 is 5.69 Å². The molecule has 35 heavy (non-hydrogen) atoms. The lowest BCUT2D eigenvalue weighted by molar-refractivity contribution is -0.148. The third kappa shape index (κ3) is 6.52. The highest BCUT2D eigenvalue weighted by molar-refractivity contribution is 5.58. The van der Waals surface area contributed by atoms with Gasteiger partial charge in [0.25, 0.3) is 0 Å². The van der Waals surface area contributed by atoms with Crippen LogP contribution in [0.15, 0.2) is 30.3 Å². The van der Waals surface area contributed by atoms with Gasteiger partial charge in [-0.1, -0.05) is 12.1 Å². The summed E-state index contributed by atoms with van der Waals surface area (Å²) in [5.74, 6) is -3.90. The Balaban J connectivity index is 1.24. The van der Waals surface area contributed by atoms with E-state index in [1.165, 1.54) is 10.6 Å². The molecule has 1 saturated carbocycles. The molecule has 194 valence electrons. The second-order valence-electron chi connectivity index (χ2n) is 9.16. The second kappa shape index (κ2) is 10.9. The molecular weight excluding hydrogens is 468 g/mol. The van der Waals surface area contributed by atoms with E-state index >= 15 is 0 Å². The molecule has 7 nitrogen and oxygen atoms in total. The third-order valence-corrected chi connectivity index (χ3v) is 6.45. The van der Waals surface area contributed by atoms with E-state index in [0.717, 1.165) is 38.9 Å². The number of alkyl halides is 4. The van der Waals surface area contributed by atoms with E-state index in [-0.39, 0.29) is 17.5 Å². The van der Waals surface area contributed by atoms with Crippen LogP contribution in [0.1, 0.15) is 24.8 Å². The van der Waals surface area contributed by atoms with Crippen molar-refractivity contribution in [1.82, 2.24) is 14.8 Å². The lowest BCUT2D eigenvalue weighted by Gasteiger charge is -2.36. The Morgan fingerprint density at radius 2 is 1.77 bits per heavy atom. The van der Waals surface area contributed by atoms with E-state index in [1.807, 2.05) is 4.90 Å². The zero-order chi connectivity index (χ0) is 25.0. The maximum absolute atomic E-state index is 13.3. The molecule has 1 saturated heterocycles. The van der Waals surface area contributed by atoms with Crippen LogP contribution in [0.3, 0.4) is 0 Å². The predicted octanol–water partition coefficient (Wildman–Crippen LogP) is 3.64. The van der Waals surface area contributed by atoms with Crippen molar-refractivity contribution < 1.29 is 32.5 Å². The molecule has 2 aromatic rings. The molecule has 0 unspecified atom stereocenters. The first-order chi connectivity index (χ1) is 16.7. The Labute approximate surface area is 201 Å². The van der Waals surface area contributed by atoms with Gasteiger partial charge in [0, 0.05) is 56.9 Å². The molecule has 0 radical (unpaired) electrons. The molecule has 1 aromatic carbocycles. The SMILES string of the molecule is Oc1cc(CNC2CC2)c(O)n1CCCN1CCN(c2ccccc2OCC(F)(F)C(F)F)CC1. The number of ether oxygens (including phenoxy) is 1. The zero-order valence-electron chi connectivity index (χ0n) is 19.5. The van der Waals surface area contributed by atoms with E-state index in [4.69, 9.17) is 4.74 Å². The molecule has 0 bridgehead atoms. The number of nitrogens with one attached hydrogen (secondary N) is 1. The quantitative estimate of drug-likeness (QED) is 0.387. The van der Waals surface area contributed by atoms with E-state index in [9.17, 15) is 27.8 Å². The number of aromatic hydroxyl groups is 2. The molecule has 1 aromatic heterocycles. The minimum atomic E-state index is -4.21. The molecule has 3 N–H and O–H groups in total. The first-order valence-corrected chi connectivity index (χ1v) is 11.9. The number of benzene rings is 1. The number of halogens is 4. The Kier molecular flexibility index (Phi) is 7.95. The lowest BCUT2D eigenvalue weighted by atomic mass is 10.2. The summed E-state index contributed by atoms with van der Waals surface area (Å²) in [6.07, 6.45) is -0.755. The summed E-state index contributed by atoms with van der Waals surface area (Å²) in [5, 5.41) is 24.0. The minimum absolute atomic E-state index is 0.0499. The van der Waals surface area contributed by atoms with Crippen LogP contribution in [0.4, 0.5) is 23.2 Å². The largest absolute Gasteiger partial charge is 0.494 e. The molecular formula is C24H32F4N4O3. The summed E-state index contributed by atoms with van der Waals surface area (Å²) in [6.45, 7) is 3.10. The lowest BCUT2D eigenvalue weighted by Crippen LogP contribution is -2.47. The number of piperazine rings is 1. The van der Waals surface area contributed by atoms with Crippen molar-refractivity contribution in [3.8, 4) is 17.5 Å². The highest BCUT2D eigenvalue weighted by Gasteiger charge is 2.42. The fourth-order valence-corrected chi connectivity index (χ4v) is 4.21. The molecule has 2 heterocycles. The van der Waals surface area contributed by atoms with Gasteiger partial charge in [0.15, 0.2) is 18.4 Å². The van der Waals surface area contributed by atoms with Gasteiger partial charge in [0.2, 0.25) is 0 Å². The fourth-order valence-electron chi connectivity index (χ4n) is 4.21. The Bertz CT molecular complexity index is 976. The van der Waals surface area contributed by atoms with Crippen molar-refractivity contribution in [1.29, 1.82) is 0 Å². The number of anilines is 1. The van der Waals surface area contributed by atoms with E-state index in [0.29, 0.717) is 43.5 Å². The molecule has 0 atom stereocenters. The van der Waals surface area contributed by atoms with Gasteiger partial charge >= 0.3 is 12.3 Å². The third-order valence-electron chi connectivity index (χ3n) is 6.45. The maximum atomic E-state index is 13.3. The number of rotatable bonds is 12. The van der Waals surface area contributed by atoms with Crippen molar-refractivity contribution in [2.75, 3.05) is 44.2 Å². The van der Waals surface area contributed by atoms with Crippen LogP contribution >= 0.6 is 0 Å². The van der Waals surface area contributed by atoms with E-state index in [1.54, 1.807) is 24.3 Å². The first kappa shape index (κ1) is 25.4. The summed E-state index contributed by atoms with van der Waals surface area (Å²) in [4.78, 5) is 4.24. The molecule has 1 aliphatic carbocycles. The molecule has 1 aliphatic heterocycles. The number of hydrogen-bond acceptors (Lipinski definition) is 6. The van der Waals surface area contributed by atoms with Crippen LogP contribution in [-0.2, 0) is 13.1 Å². The normalized spacial score (nSPS) is 17.3. The molecule has 0 amide bonds. The van der Waals surface area contributed by atoms with Gasteiger partial charge in [-0.2, -0.15) is 8.78 Å². The van der Waals surface area contributed by atoms with Crippen LogP contribution in [0, 0.1) is 0 Å². The van der Waals surface area contributed by atoms with Gasteiger partial charge in [-0.05, 0) is 37.9 Å². The van der Waals surface area contributed by atoms with Gasteiger partial charge in [-0.3, -0.25) is 9.47 Å². The standard InChI is InChI=1S/C24H32F4N4O3/c25-23(26)24(27,28)16-35-20-5-2-1-4-19(20)31-12-10-30(11-13-31)8-3-9-32-21(33)14-17(22(32)34)15-29-18-6-7-18/h1-2,4-5,14,18,23,29,33-34H,3,6-13,15-16H2. The summed E-state index contributed by atoms with van der Waals surface area (Å²) in [6, 6.07) is 8.72. The topological polar surface area (TPSA) is 73.1 Å². The van der Waals surface area contributed by atoms with Crippen LogP contribution in [0.5, 0.6) is 17.5 Å². The average molecular weight is 501 g/mol. The van der Waals surface area contributed by atoms with Crippen LogP contribution in [0.2, 0.25) is 0 Å². The minimum Gasteiger partial charge on any atom is -0.494 e. The van der Waals surface area contributed by atoms with Gasteiger partial charge in [-0.25, -0.2) is 8.78 Å². The molecule has 11 heteroatoms. The highest BCUT2D eigenvalue weighted by atomic mass is 19.3. The van der Waals surface area contributed by atoms with Gasteiger partial charge < -0.3 is 25.2 Å². The van der Waals surface area contributed by atoms with Crippen LogP contribution in [0.25, 0.3) is 0 Å².